The molecule has 0 spiro atoms. The molecule has 0 N–H and O–H groups in total. The first-order valence-corrected chi connectivity index (χ1v) is 5.96. The molecule has 0 radical (unpaired) electrons. The molecule has 1 aromatic carbocycles. The minimum absolute atomic E-state index is 0.442. The van der Waals surface area contributed by atoms with Gasteiger partial charge in [-0.05, 0) is 13.0 Å². The number of nitrogens with zero attached hydrogens (tertiary/aromatic N) is 2. The number of benzene rings is 1. The molecular formula is C13H15ClN2O. The lowest BCUT2D eigenvalue weighted by atomic mass is 10.1. The summed E-state index contributed by atoms with van der Waals surface area (Å²) in [5.74, 6) is 1.34. The van der Waals surface area contributed by atoms with Crippen LogP contribution in [0.5, 0.6) is 5.75 Å². The lowest BCUT2D eigenvalue weighted by molar-refractivity contribution is 0.408. The van der Waals surface area contributed by atoms with E-state index in [1.165, 1.54) is 5.56 Å². The molecule has 1 heterocycles. The Balaban J connectivity index is 2.25. The highest BCUT2D eigenvalue weighted by atomic mass is 35.5. The van der Waals surface area contributed by atoms with E-state index in [4.69, 9.17) is 16.3 Å². The van der Waals surface area contributed by atoms with Gasteiger partial charge in [0.25, 0.3) is 0 Å². The molecule has 0 atom stereocenters. The minimum Gasteiger partial charge on any atom is -0.496 e. The Hall–Kier alpha value is -1.48. The fourth-order valence-electron chi connectivity index (χ4n) is 1.79. The van der Waals surface area contributed by atoms with Gasteiger partial charge in [-0.2, -0.15) is 0 Å². The van der Waals surface area contributed by atoms with Gasteiger partial charge < -0.3 is 9.30 Å². The van der Waals surface area contributed by atoms with E-state index in [0.717, 1.165) is 23.6 Å². The van der Waals surface area contributed by atoms with Gasteiger partial charge in [0.05, 0.1) is 31.6 Å². The summed E-state index contributed by atoms with van der Waals surface area (Å²) >= 11 is 5.73. The second-order valence-corrected chi connectivity index (χ2v) is 4.25. The molecule has 0 aliphatic heterocycles. The van der Waals surface area contributed by atoms with Crippen molar-refractivity contribution in [1.29, 1.82) is 0 Å². The smallest absolute Gasteiger partial charge is 0.123 e. The highest BCUT2D eigenvalue weighted by molar-refractivity contribution is 6.16. The van der Waals surface area contributed by atoms with Gasteiger partial charge in [-0.25, -0.2) is 4.98 Å². The van der Waals surface area contributed by atoms with Crippen LogP contribution in [0.3, 0.4) is 0 Å². The van der Waals surface area contributed by atoms with Crippen LogP contribution in [0.2, 0.25) is 0 Å². The Kier molecular flexibility index (Phi) is 3.69. The van der Waals surface area contributed by atoms with Gasteiger partial charge in [-0.15, -0.1) is 11.6 Å². The molecule has 0 bridgehead atoms. The molecule has 0 aliphatic carbocycles. The molecule has 1 aromatic heterocycles. The first-order chi connectivity index (χ1) is 8.22. The van der Waals surface area contributed by atoms with Crippen molar-refractivity contribution in [2.24, 2.45) is 0 Å². The Morgan fingerprint density at radius 1 is 1.41 bits per heavy atom. The molecule has 0 fully saturated rings. The van der Waals surface area contributed by atoms with Gasteiger partial charge in [0.2, 0.25) is 0 Å². The number of hydrogen-bond acceptors (Lipinski definition) is 2. The fraction of sp³-hybridized carbons (Fsp3) is 0.308. The number of ether oxygens (including phenoxy) is 1. The van der Waals surface area contributed by atoms with Crippen molar-refractivity contribution in [3.8, 4) is 5.75 Å². The number of aryl methyl sites for hydroxylation is 1. The molecule has 0 saturated carbocycles. The van der Waals surface area contributed by atoms with Crippen molar-refractivity contribution in [3.05, 3.63) is 47.5 Å². The minimum atomic E-state index is 0.442. The monoisotopic (exact) mass is 250 g/mol. The molecular weight excluding hydrogens is 236 g/mol. The molecule has 3 nitrogen and oxygen atoms in total. The van der Waals surface area contributed by atoms with Gasteiger partial charge in [0.1, 0.15) is 5.75 Å². The molecule has 0 aliphatic rings. The largest absolute Gasteiger partial charge is 0.496 e. The van der Waals surface area contributed by atoms with E-state index in [0.29, 0.717) is 5.88 Å². The number of alkyl halides is 1. The summed E-state index contributed by atoms with van der Waals surface area (Å²) in [6.45, 7) is 2.82. The zero-order chi connectivity index (χ0) is 12.3. The SMILES string of the molecule is COc1ccc(C)cc1Cn1cnc(CCl)c1. The van der Waals surface area contributed by atoms with Crippen LogP contribution in [0.15, 0.2) is 30.7 Å². The summed E-state index contributed by atoms with van der Waals surface area (Å²) < 4.78 is 7.35. The number of methoxy groups -OCH3 is 1. The second kappa shape index (κ2) is 5.23. The topological polar surface area (TPSA) is 27.1 Å². The average Bonchev–Trinajstić information content (AvgIpc) is 2.77. The number of aromatic nitrogens is 2. The van der Waals surface area contributed by atoms with E-state index in [1.807, 2.05) is 22.9 Å². The quantitative estimate of drug-likeness (QED) is 0.780. The van der Waals surface area contributed by atoms with E-state index in [1.54, 1.807) is 13.4 Å². The fourth-order valence-corrected chi connectivity index (χ4v) is 1.93. The van der Waals surface area contributed by atoms with Gasteiger partial charge >= 0.3 is 0 Å². The number of hydrogen-bond donors (Lipinski definition) is 0. The Morgan fingerprint density at radius 2 is 2.24 bits per heavy atom. The number of imidazole rings is 1. The van der Waals surface area contributed by atoms with Crippen molar-refractivity contribution in [3.63, 3.8) is 0 Å². The van der Waals surface area contributed by atoms with Gasteiger partial charge in [-0.3, -0.25) is 0 Å². The zero-order valence-corrected chi connectivity index (χ0v) is 10.7. The Bertz CT molecular complexity index is 508. The molecule has 2 aromatic rings. The second-order valence-electron chi connectivity index (χ2n) is 3.99. The van der Waals surface area contributed by atoms with Gasteiger partial charge in [0.15, 0.2) is 0 Å². The van der Waals surface area contributed by atoms with E-state index in [2.05, 4.69) is 18.0 Å². The van der Waals surface area contributed by atoms with Crippen LogP contribution in [0, 0.1) is 6.92 Å². The highest BCUT2D eigenvalue weighted by Crippen LogP contribution is 2.20. The zero-order valence-electron chi connectivity index (χ0n) is 9.98. The van der Waals surface area contributed by atoms with Crippen LogP contribution in [0.25, 0.3) is 0 Å². The molecule has 90 valence electrons. The first kappa shape index (κ1) is 12.0. The standard InChI is InChI=1S/C13H15ClN2O/c1-10-3-4-13(17-2)11(5-10)7-16-8-12(6-14)15-9-16/h3-5,8-9H,6-7H2,1-2H3. The van der Waals surface area contributed by atoms with Crippen molar-refractivity contribution < 1.29 is 4.74 Å². The molecule has 2 rings (SSSR count). The third kappa shape index (κ3) is 2.80. The van der Waals surface area contributed by atoms with E-state index < -0.39 is 0 Å². The van der Waals surface area contributed by atoms with Gasteiger partial charge in [-0.1, -0.05) is 17.7 Å². The third-order valence-corrected chi connectivity index (χ3v) is 2.89. The molecule has 0 saturated heterocycles. The van der Waals surface area contributed by atoms with Crippen molar-refractivity contribution in [2.75, 3.05) is 7.11 Å². The first-order valence-electron chi connectivity index (χ1n) is 5.43. The van der Waals surface area contributed by atoms with E-state index in [-0.39, 0.29) is 0 Å². The predicted octanol–water partition coefficient (Wildman–Crippen LogP) is 2.99. The van der Waals surface area contributed by atoms with Crippen LogP contribution in [0.1, 0.15) is 16.8 Å². The summed E-state index contributed by atoms with van der Waals surface area (Å²) in [6, 6.07) is 6.16. The number of rotatable bonds is 4. The lowest BCUT2D eigenvalue weighted by Gasteiger charge is -2.09. The van der Waals surface area contributed by atoms with Crippen LogP contribution >= 0.6 is 11.6 Å². The highest BCUT2D eigenvalue weighted by Gasteiger charge is 2.05. The van der Waals surface area contributed by atoms with Crippen LogP contribution in [-0.4, -0.2) is 16.7 Å². The Labute approximate surface area is 106 Å². The predicted molar refractivity (Wildman–Crippen MR) is 68.6 cm³/mol. The van der Waals surface area contributed by atoms with Crippen molar-refractivity contribution in [2.45, 2.75) is 19.3 Å². The summed E-state index contributed by atoms with van der Waals surface area (Å²) in [7, 11) is 1.69. The van der Waals surface area contributed by atoms with Crippen molar-refractivity contribution >= 4 is 11.6 Å². The molecule has 4 heteroatoms. The normalized spacial score (nSPS) is 10.5. The van der Waals surface area contributed by atoms with Crippen LogP contribution in [0.4, 0.5) is 0 Å². The van der Waals surface area contributed by atoms with Gasteiger partial charge in [0, 0.05) is 11.8 Å². The summed E-state index contributed by atoms with van der Waals surface area (Å²) in [4.78, 5) is 4.20. The van der Waals surface area contributed by atoms with Crippen LogP contribution < -0.4 is 4.74 Å². The van der Waals surface area contributed by atoms with E-state index >= 15 is 0 Å². The maximum absolute atomic E-state index is 5.73. The number of halogens is 1. The molecule has 0 unspecified atom stereocenters. The molecule has 0 amide bonds. The maximum atomic E-state index is 5.73. The van der Waals surface area contributed by atoms with Crippen LogP contribution in [-0.2, 0) is 12.4 Å². The molecule has 17 heavy (non-hydrogen) atoms. The van der Waals surface area contributed by atoms with Crippen molar-refractivity contribution in [1.82, 2.24) is 9.55 Å². The summed E-state index contributed by atoms with van der Waals surface area (Å²) in [6.07, 6.45) is 3.74. The summed E-state index contributed by atoms with van der Waals surface area (Å²) in [5, 5.41) is 0. The Morgan fingerprint density at radius 3 is 2.88 bits per heavy atom. The van der Waals surface area contributed by atoms with E-state index in [9.17, 15) is 0 Å². The average molecular weight is 251 g/mol. The summed E-state index contributed by atoms with van der Waals surface area (Å²) in [5.41, 5.74) is 3.25. The maximum Gasteiger partial charge on any atom is 0.123 e. The lowest BCUT2D eigenvalue weighted by Crippen LogP contribution is -2.00. The third-order valence-electron chi connectivity index (χ3n) is 2.61.